The van der Waals surface area contributed by atoms with Gasteiger partial charge in [0.2, 0.25) is 5.91 Å². The Labute approximate surface area is 235 Å². The fourth-order valence-corrected chi connectivity index (χ4v) is 5.85. The molecule has 194 valence electrons. The summed E-state index contributed by atoms with van der Waals surface area (Å²) < 4.78 is 3.97. The standard InChI is InChI=1S/C30H25ClN6OS/c1-2-36(25-17-9-11-21-10-3-4-12-22(21)25)29(38)19-39-30-34-33-28(37(30)26-15-7-5-13-23(26)31)18-35-20-32-24-14-6-8-16-27(24)35/h3-17,20H,2,18-19H2,1H3. The number of carbonyl (C=O) groups excluding carboxylic acids is 1. The van der Waals surface area contributed by atoms with E-state index in [0.717, 1.165) is 33.2 Å². The summed E-state index contributed by atoms with van der Waals surface area (Å²) in [5.41, 5.74) is 3.58. The zero-order valence-corrected chi connectivity index (χ0v) is 22.8. The van der Waals surface area contributed by atoms with Gasteiger partial charge in [-0.25, -0.2) is 4.98 Å². The molecule has 7 nitrogen and oxygen atoms in total. The Kier molecular flexibility index (Phi) is 7.04. The molecular formula is C30H25ClN6OS. The smallest absolute Gasteiger partial charge is 0.237 e. The van der Waals surface area contributed by atoms with Crippen molar-refractivity contribution in [2.24, 2.45) is 0 Å². The minimum atomic E-state index is -0.00489. The molecule has 1 amide bonds. The van der Waals surface area contributed by atoms with Gasteiger partial charge in [-0.3, -0.25) is 9.36 Å². The molecule has 0 aliphatic heterocycles. The van der Waals surface area contributed by atoms with E-state index >= 15 is 0 Å². The summed E-state index contributed by atoms with van der Waals surface area (Å²) in [6, 6.07) is 29.7. The maximum absolute atomic E-state index is 13.5. The lowest BCUT2D eigenvalue weighted by Gasteiger charge is -2.22. The summed E-state index contributed by atoms with van der Waals surface area (Å²) in [7, 11) is 0. The number of rotatable bonds is 8. The summed E-state index contributed by atoms with van der Waals surface area (Å²) in [6.07, 6.45) is 1.80. The predicted molar refractivity (Wildman–Crippen MR) is 158 cm³/mol. The molecule has 6 aromatic rings. The highest BCUT2D eigenvalue weighted by Gasteiger charge is 2.21. The van der Waals surface area contributed by atoms with Crippen molar-refractivity contribution in [3.05, 3.63) is 108 Å². The van der Waals surface area contributed by atoms with E-state index in [4.69, 9.17) is 11.6 Å². The number of aromatic nitrogens is 5. The Balaban J connectivity index is 1.31. The molecule has 6 rings (SSSR count). The van der Waals surface area contributed by atoms with Crippen LogP contribution in [0.3, 0.4) is 0 Å². The Hall–Kier alpha value is -4.14. The highest BCUT2D eigenvalue weighted by atomic mass is 35.5. The van der Waals surface area contributed by atoms with Crippen LogP contribution in [-0.2, 0) is 11.3 Å². The largest absolute Gasteiger partial charge is 0.323 e. The topological polar surface area (TPSA) is 68.8 Å². The van der Waals surface area contributed by atoms with Crippen LogP contribution >= 0.6 is 23.4 Å². The molecule has 0 saturated carbocycles. The van der Waals surface area contributed by atoms with Crippen LogP contribution in [0.2, 0.25) is 5.02 Å². The first kappa shape index (κ1) is 25.2. The van der Waals surface area contributed by atoms with Gasteiger partial charge in [-0.1, -0.05) is 84.0 Å². The summed E-state index contributed by atoms with van der Waals surface area (Å²) in [4.78, 5) is 19.9. The van der Waals surface area contributed by atoms with Crippen molar-refractivity contribution in [1.82, 2.24) is 24.3 Å². The second-order valence-electron chi connectivity index (χ2n) is 8.97. The lowest BCUT2D eigenvalue weighted by Crippen LogP contribution is -2.32. The highest BCUT2D eigenvalue weighted by molar-refractivity contribution is 7.99. The first-order chi connectivity index (χ1) is 19.1. The minimum absolute atomic E-state index is 0.00489. The Morgan fingerprint density at radius 3 is 2.56 bits per heavy atom. The normalized spacial score (nSPS) is 11.3. The van der Waals surface area contributed by atoms with Gasteiger partial charge < -0.3 is 9.47 Å². The first-order valence-electron chi connectivity index (χ1n) is 12.6. The lowest BCUT2D eigenvalue weighted by molar-refractivity contribution is -0.116. The average Bonchev–Trinajstić information content (AvgIpc) is 3.57. The molecule has 0 aliphatic carbocycles. The molecule has 0 atom stereocenters. The minimum Gasteiger partial charge on any atom is -0.323 e. The van der Waals surface area contributed by atoms with Crippen LogP contribution in [0.25, 0.3) is 27.5 Å². The summed E-state index contributed by atoms with van der Waals surface area (Å²) in [5, 5.41) is 12.3. The third-order valence-electron chi connectivity index (χ3n) is 6.63. The zero-order valence-electron chi connectivity index (χ0n) is 21.2. The molecule has 0 unspecified atom stereocenters. The van der Waals surface area contributed by atoms with E-state index in [1.807, 2.05) is 99.8 Å². The van der Waals surface area contributed by atoms with Gasteiger partial charge in [0.05, 0.1) is 46.1 Å². The maximum atomic E-state index is 13.5. The average molecular weight is 553 g/mol. The van der Waals surface area contributed by atoms with E-state index in [9.17, 15) is 4.79 Å². The van der Waals surface area contributed by atoms with Crippen molar-refractivity contribution in [3.63, 3.8) is 0 Å². The number of hydrogen-bond donors (Lipinski definition) is 0. The lowest BCUT2D eigenvalue weighted by atomic mass is 10.1. The van der Waals surface area contributed by atoms with Crippen LogP contribution < -0.4 is 4.90 Å². The van der Waals surface area contributed by atoms with Crippen LogP contribution in [0, 0.1) is 0 Å². The van der Waals surface area contributed by atoms with E-state index in [1.54, 1.807) is 6.33 Å². The van der Waals surface area contributed by atoms with Crippen molar-refractivity contribution in [3.8, 4) is 5.69 Å². The molecule has 4 aromatic carbocycles. The van der Waals surface area contributed by atoms with Gasteiger partial charge in [0.25, 0.3) is 0 Å². The second-order valence-corrected chi connectivity index (χ2v) is 10.3. The molecule has 9 heteroatoms. The van der Waals surface area contributed by atoms with Gasteiger partial charge in [-0.2, -0.15) is 0 Å². The number of imidazole rings is 1. The number of thioether (sulfide) groups is 1. The van der Waals surface area contributed by atoms with Gasteiger partial charge in [0.1, 0.15) is 0 Å². The van der Waals surface area contributed by atoms with E-state index in [0.29, 0.717) is 29.1 Å². The van der Waals surface area contributed by atoms with E-state index in [1.165, 1.54) is 11.8 Å². The number of carbonyl (C=O) groups is 1. The van der Waals surface area contributed by atoms with Gasteiger partial charge in [0.15, 0.2) is 11.0 Å². The van der Waals surface area contributed by atoms with Gasteiger partial charge >= 0.3 is 0 Å². The van der Waals surface area contributed by atoms with Crippen LogP contribution in [-0.4, -0.2) is 42.5 Å². The highest BCUT2D eigenvalue weighted by Crippen LogP contribution is 2.30. The first-order valence-corrected chi connectivity index (χ1v) is 14.0. The van der Waals surface area contributed by atoms with Crippen LogP contribution in [0.1, 0.15) is 12.7 Å². The molecule has 2 heterocycles. The van der Waals surface area contributed by atoms with Crippen molar-refractivity contribution in [2.45, 2.75) is 18.6 Å². The van der Waals surface area contributed by atoms with Crippen molar-refractivity contribution in [2.75, 3.05) is 17.2 Å². The Morgan fingerprint density at radius 1 is 0.923 bits per heavy atom. The second kappa shape index (κ2) is 10.9. The van der Waals surface area contributed by atoms with Gasteiger partial charge in [0, 0.05) is 11.9 Å². The fourth-order valence-electron chi connectivity index (χ4n) is 4.79. The van der Waals surface area contributed by atoms with Crippen molar-refractivity contribution < 1.29 is 4.79 Å². The van der Waals surface area contributed by atoms with Crippen LogP contribution in [0.5, 0.6) is 0 Å². The van der Waals surface area contributed by atoms with Crippen molar-refractivity contribution in [1.29, 1.82) is 0 Å². The number of anilines is 1. The van der Waals surface area contributed by atoms with Crippen LogP contribution in [0.15, 0.2) is 102 Å². The zero-order chi connectivity index (χ0) is 26.8. The van der Waals surface area contributed by atoms with Gasteiger partial charge in [-0.15, -0.1) is 10.2 Å². The summed E-state index contributed by atoms with van der Waals surface area (Å²) >= 11 is 7.98. The number of halogens is 1. The number of fused-ring (bicyclic) bond motifs is 2. The quantitative estimate of drug-likeness (QED) is 0.199. The molecule has 0 fully saturated rings. The number of nitrogens with zero attached hydrogens (tertiary/aromatic N) is 6. The van der Waals surface area contributed by atoms with Crippen molar-refractivity contribution >= 4 is 56.8 Å². The SMILES string of the molecule is CCN(C(=O)CSc1nnc(Cn2cnc3ccccc32)n1-c1ccccc1Cl)c1cccc2ccccc12. The maximum Gasteiger partial charge on any atom is 0.237 e. The predicted octanol–water partition coefficient (Wildman–Crippen LogP) is 6.62. The molecule has 0 saturated heterocycles. The number of hydrogen-bond acceptors (Lipinski definition) is 5. The number of benzene rings is 4. The molecule has 39 heavy (non-hydrogen) atoms. The van der Waals surface area contributed by atoms with E-state index in [-0.39, 0.29) is 11.7 Å². The number of para-hydroxylation sites is 3. The van der Waals surface area contributed by atoms with E-state index in [2.05, 4.69) is 27.3 Å². The number of amides is 1. The molecule has 0 bridgehead atoms. The Morgan fingerprint density at radius 2 is 1.69 bits per heavy atom. The molecule has 0 radical (unpaired) electrons. The third-order valence-corrected chi connectivity index (χ3v) is 7.87. The molecule has 0 N–H and O–H groups in total. The molecule has 2 aromatic heterocycles. The van der Waals surface area contributed by atoms with E-state index < -0.39 is 0 Å². The Bertz CT molecular complexity index is 1790. The van der Waals surface area contributed by atoms with Gasteiger partial charge in [-0.05, 0) is 42.6 Å². The summed E-state index contributed by atoms with van der Waals surface area (Å²) in [5.74, 6) is 0.894. The third kappa shape index (κ3) is 4.89. The van der Waals surface area contributed by atoms with Crippen LogP contribution in [0.4, 0.5) is 5.69 Å². The molecule has 0 spiro atoms. The fraction of sp³-hybridized carbons (Fsp3) is 0.133. The molecular weight excluding hydrogens is 528 g/mol. The monoisotopic (exact) mass is 552 g/mol. The molecule has 0 aliphatic rings. The summed E-state index contributed by atoms with van der Waals surface area (Å²) in [6.45, 7) is 3.00.